The quantitative estimate of drug-likeness (QED) is 0.855. The fraction of sp³-hybridized carbons (Fsp3) is 0.562. The number of nitrogens with two attached hydrogens (primary N) is 1. The van der Waals surface area contributed by atoms with E-state index in [1.165, 1.54) is 32.1 Å². The van der Waals surface area contributed by atoms with Gasteiger partial charge >= 0.3 is 0 Å². The molecule has 1 aromatic heterocycles. The van der Waals surface area contributed by atoms with Gasteiger partial charge in [-0.1, -0.05) is 31.4 Å². The molecule has 3 N–H and O–H groups in total. The van der Waals surface area contributed by atoms with Crippen molar-refractivity contribution in [3.63, 3.8) is 0 Å². The van der Waals surface area contributed by atoms with Crippen LogP contribution in [0.4, 0.5) is 0 Å². The van der Waals surface area contributed by atoms with E-state index >= 15 is 0 Å². The van der Waals surface area contributed by atoms with Gasteiger partial charge in [-0.15, -0.1) is 0 Å². The molecule has 0 aromatic carbocycles. The fourth-order valence-electron chi connectivity index (χ4n) is 2.65. The van der Waals surface area contributed by atoms with Crippen molar-refractivity contribution in [1.82, 2.24) is 4.98 Å². The zero-order valence-corrected chi connectivity index (χ0v) is 11.5. The summed E-state index contributed by atoms with van der Waals surface area (Å²) in [4.78, 5) is 4.24. The zero-order valence-electron chi connectivity index (χ0n) is 11.5. The summed E-state index contributed by atoms with van der Waals surface area (Å²) in [5, 5.41) is 8.93. The molecular formula is C16H24N2O. The third-order valence-electron chi connectivity index (χ3n) is 3.86. The molecule has 104 valence electrons. The molecule has 1 fully saturated rings. The molecule has 0 spiro atoms. The molecular weight excluding hydrogens is 236 g/mol. The maximum absolute atomic E-state index is 8.93. The van der Waals surface area contributed by atoms with Gasteiger partial charge in [0.05, 0.1) is 0 Å². The molecule has 0 amide bonds. The van der Waals surface area contributed by atoms with Gasteiger partial charge in [0.1, 0.15) is 0 Å². The SMILES string of the molecule is NC(CCO)c1cncc(/C=C/C2CCCCC2)c1. The van der Waals surface area contributed by atoms with Gasteiger partial charge in [0.15, 0.2) is 0 Å². The molecule has 1 aromatic rings. The summed E-state index contributed by atoms with van der Waals surface area (Å²) in [6, 6.07) is 1.95. The number of allylic oxidation sites excluding steroid dienone is 1. The highest BCUT2D eigenvalue weighted by Gasteiger charge is 2.10. The molecule has 0 radical (unpaired) electrons. The van der Waals surface area contributed by atoms with E-state index in [9.17, 15) is 0 Å². The monoisotopic (exact) mass is 260 g/mol. The summed E-state index contributed by atoms with van der Waals surface area (Å²) in [5.41, 5.74) is 8.10. The molecule has 1 aliphatic carbocycles. The highest BCUT2D eigenvalue weighted by Crippen LogP contribution is 2.25. The van der Waals surface area contributed by atoms with Crippen LogP contribution in [-0.2, 0) is 0 Å². The largest absolute Gasteiger partial charge is 0.396 e. The van der Waals surface area contributed by atoms with Crippen LogP contribution in [0.15, 0.2) is 24.5 Å². The van der Waals surface area contributed by atoms with E-state index < -0.39 is 0 Å². The van der Waals surface area contributed by atoms with E-state index in [1.807, 2.05) is 6.20 Å². The van der Waals surface area contributed by atoms with E-state index in [4.69, 9.17) is 10.8 Å². The molecule has 1 atom stereocenters. The van der Waals surface area contributed by atoms with Crippen molar-refractivity contribution >= 4 is 6.08 Å². The van der Waals surface area contributed by atoms with Gasteiger partial charge in [0.2, 0.25) is 0 Å². The summed E-state index contributed by atoms with van der Waals surface area (Å²) in [7, 11) is 0. The van der Waals surface area contributed by atoms with E-state index in [-0.39, 0.29) is 12.6 Å². The Morgan fingerprint density at radius 2 is 2.11 bits per heavy atom. The minimum atomic E-state index is -0.125. The van der Waals surface area contributed by atoms with Gasteiger partial charge in [-0.2, -0.15) is 0 Å². The van der Waals surface area contributed by atoms with Crippen molar-refractivity contribution in [2.45, 2.75) is 44.6 Å². The molecule has 1 aliphatic rings. The Kier molecular flexibility index (Phi) is 5.55. The van der Waals surface area contributed by atoms with Crippen molar-refractivity contribution in [2.75, 3.05) is 6.61 Å². The Morgan fingerprint density at radius 3 is 2.84 bits per heavy atom. The second kappa shape index (κ2) is 7.41. The molecule has 1 heterocycles. The van der Waals surface area contributed by atoms with Gasteiger partial charge < -0.3 is 10.8 Å². The Labute approximate surface area is 115 Å². The Balaban J connectivity index is 1.99. The lowest BCUT2D eigenvalue weighted by molar-refractivity contribution is 0.276. The van der Waals surface area contributed by atoms with Crippen LogP contribution in [0.25, 0.3) is 6.08 Å². The van der Waals surface area contributed by atoms with Crippen molar-refractivity contribution in [3.8, 4) is 0 Å². The third-order valence-corrected chi connectivity index (χ3v) is 3.86. The maximum Gasteiger partial charge on any atom is 0.0449 e. The minimum absolute atomic E-state index is 0.114. The van der Waals surface area contributed by atoms with Gasteiger partial charge in [-0.05, 0) is 42.4 Å². The average molecular weight is 260 g/mol. The predicted octanol–water partition coefficient (Wildman–Crippen LogP) is 3.06. The number of pyridine rings is 1. The van der Waals surface area contributed by atoms with Crippen LogP contribution in [0.1, 0.15) is 55.7 Å². The lowest BCUT2D eigenvalue weighted by atomic mass is 9.89. The Morgan fingerprint density at radius 1 is 1.32 bits per heavy atom. The van der Waals surface area contributed by atoms with Crippen LogP contribution in [0, 0.1) is 5.92 Å². The number of hydrogen-bond donors (Lipinski definition) is 2. The lowest BCUT2D eigenvalue weighted by Gasteiger charge is -2.17. The zero-order chi connectivity index (χ0) is 13.5. The van der Waals surface area contributed by atoms with Crippen LogP contribution in [0.5, 0.6) is 0 Å². The lowest BCUT2D eigenvalue weighted by Crippen LogP contribution is -2.12. The fourth-order valence-corrected chi connectivity index (χ4v) is 2.65. The van der Waals surface area contributed by atoms with Crippen molar-refractivity contribution in [1.29, 1.82) is 0 Å². The normalized spacial score (nSPS) is 18.8. The minimum Gasteiger partial charge on any atom is -0.396 e. The summed E-state index contributed by atoms with van der Waals surface area (Å²) in [6.45, 7) is 0.114. The number of aliphatic hydroxyl groups is 1. The van der Waals surface area contributed by atoms with Crippen molar-refractivity contribution in [2.24, 2.45) is 11.7 Å². The third kappa shape index (κ3) is 4.44. The van der Waals surface area contributed by atoms with Crippen molar-refractivity contribution < 1.29 is 5.11 Å². The molecule has 1 unspecified atom stereocenters. The molecule has 0 aliphatic heterocycles. The van der Waals surface area contributed by atoms with E-state index in [1.54, 1.807) is 6.20 Å². The number of hydrogen-bond acceptors (Lipinski definition) is 3. The topological polar surface area (TPSA) is 59.1 Å². The second-order valence-corrected chi connectivity index (χ2v) is 5.43. The highest BCUT2D eigenvalue weighted by atomic mass is 16.3. The number of aliphatic hydroxyl groups excluding tert-OH is 1. The summed E-state index contributed by atoms with van der Waals surface area (Å²) in [6.07, 6.45) is 15.4. The van der Waals surface area contributed by atoms with Gasteiger partial charge in [-0.3, -0.25) is 4.98 Å². The molecule has 0 bridgehead atoms. The molecule has 2 rings (SSSR count). The molecule has 19 heavy (non-hydrogen) atoms. The summed E-state index contributed by atoms with van der Waals surface area (Å²) in [5.74, 6) is 0.725. The van der Waals surface area contributed by atoms with Gasteiger partial charge in [0, 0.05) is 25.0 Å². The van der Waals surface area contributed by atoms with Gasteiger partial charge in [-0.25, -0.2) is 0 Å². The summed E-state index contributed by atoms with van der Waals surface area (Å²) < 4.78 is 0. The average Bonchev–Trinajstić information content (AvgIpc) is 2.47. The van der Waals surface area contributed by atoms with Crippen LogP contribution in [-0.4, -0.2) is 16.7 Å². The Hall–Kier alpha value is -1.19. The van der Waals surface area contributed by atoms with Crippen LogP contribution in [0.2, 0.25) is 0 Å². The Bertz CT molecular complexity index is 411. The predicted molar refractivity (Wildman–Crippen MR) is 78.5 cm³/mol. The standard InChI is InChI=1S/C16H24N2O/c17-16(8-9-19)15-10-14(11-18-12-15)7-6-13-4-2-1-3-5-13/h6-7,10-13,16,19H,1-5,8-9,17H2/b7-6+. The van der Waals surface area contributed by atoms with Gasteiger partial charge in [0.25, 0.3) is 0 Å². The van der Waals surface area contributed by atoms with E-state index in [0.29, 0.717) is 6.42 Å². The number of rotatable bonds is 5. The molecule has 1 saturated carbocycles. The van der Waals surface area contributed by atoms with E-state index in [0.717, 1.165) is 17.0 Å². The number of aromatic nitrogens is 1. The molecule has 3 nitrogen and oxygen atoms in total. The first-order valence-corrected chi connectivity index (χ1v) is 7.29. The van der Waals surface area contributed by atoms with Crippen LogP contribution < -0.4 is 5.73 Å². The highest BCUT2D eigenvalue weighted by molar-refractivity contribution is 5.49. The molecule has 0 saturated heterocycles. The van der Waals surface area contributed by atoms with E-state index in [2.05, 4.69) is 23.2 Å². The smallest absolute Gasteiger partial charge is 0.0449 e. The van der Waals surface area contributed by atoms with Crippen LogP contribution >= 0.6 is 0 Å². The first kappa shape index (κ1) is 14.2. The maximum atomic E-state index is 8.93. The second-order valence-electron chi connectivity index (χ2n) is 5.43. The van der Waals surface area contributed by atoms with Crippen LogP contribution in [0.3, 0.4) is 0 Å². The summed E-state index contributed by atoms with van der Waals surface area (Å²) >= 11 is 0. The first-order valence-electron chi connectivity index (χ1n) is 7.29. The number of nitrogens with zero attached hydrogens (tertiary/aromatic N) is 1. The first-order chi connectivity index (χ1) is 9.29. The van der Waals surface area contributed by atoms with Crippen molar-refractivity contribution in [3.05, 3.63) is 35.7 Å². The molecule has 3 heteroatoms.